The summed E-state index contributed by atoms with van der Waals surface area (Å²) >= 11 is 0. The molecule has 110 valence electrons. The van der Waals surface area contributed by atoms with E-state index in [9.17, 15) is 4.79 Å². The molecule has 1 aromatic rings. The van der Waals surface area contributed by atoms with E-state index in [1.165, 1.54) is 5.56 Å². The van der Waals surface area contributed by atoms with E-state index in [-0.39, 0.29) is 12.0 Å². The van der Waals surface area contributed by atoms with Gasteiger partial charge in [0.25, 0.3) is 0 Å². The van der Waals surface area contributed by atoms with Gasteiger partial charge in [-0.1, -0.05) is 30.3 Å². The zero-order valence-corrected chi connectivity index (χ0v) is 12.5. The fourth-order valence-electron chi connectivity index (χ4n) is 2.61. The number of benzene rings is 1. The molecule has 0 aliphatic carbocycles. The smallest absolute Gasteiger partial charge is 0.325 e. The van der Waals surface area contributed by atoms with Crippen LogP contribution < -0.4 is 5.84 Å². The molecule has 4 heteroatoms. The van der Waals surface area contributed by atoms with Crippen LogP contribution >= 0.6 is 0 Å². The Morgan fingerprint density at radius 1 is 1.30 bits per heavy atom. The Morgan fingerprint density at radius 2 is 1.95 bits per heavy atom. The van der Waals surface area contributed by atoms with Crippen LogP contribution in [0, 0.1) is 0 Å². The summed E-state index contributed by atoms with van der Waals surface area (Å²) in [5.41, 5.74) is 0.798. The molecule has 2 atom stereocenters. The summed E-state index contributed by atoms with van der Waals surface area (Å²) in [6.45, 7) is 6.35. The fraction of sp³-hybridized carbons (Fsp3) is 0.562. The molecule has 0 amide bonds. The van der Waals surface area contributed by atoms with E-state index in [1.807, 2.05) is 39.0 Å². The topological polar surface area (TPSA) is 55.6 Å². The summed E-state index contributed by atoms with van der Waals surface area (Å²) in [4.78, 5) is 12.3. The van der Waals surface area contributed by atoms with Crippen molar-refractivity contribution < 1.29 is 9.53 Å². The van der Waals surface area contributed by atoms with Gasteiger partial charge in [-0.25, -0.2) is 5.01 Å². The monoisotopic (exact) mass is 276 g/mol. The van der Waals surface area contributed by atoms with Crippen molar-refractivity contribution in [1.82, 2.24) is 5.01 Å². The minimum atomic E-state index is -0.475. The summed E-state index contributed by atoms with van der Waals surface area (Å²) in [5.74, 6) is 6.12. The van der Waals surface area contributed by atoms with Gasteiger partial charge in [-0.15, -0.1) is 0 Å². The largest absolute Gasteiger partial charge is 0.459 e. The van der Waals surface area contributed by atoms with Gasteiger partial charge in [-0.2, -0.15) is 0 Å². The Bertz CT molecular complexity index is 453. The predicted octanol–water partition coefficient (Wildman–Crippen LogP) is 2.45. The molecule has 0 bridgehead atoms. The molecule has 4 nitrogen and oxygen atoms in total. The van der Waals surface area contributed by atoms with Gasteiger partial charge in [0.05, 0.1) is 0 Å². The van der Waals surface area contributed by atoms with E-state index in [1.54, 1.807) is 5.01 Å². The third-order valence-electron chi connectivity index (χ3n) is 3.59. The van der Waals surface area contributed by atoms with Crippen LogP contribution in [0.1, 0.15) is 45.1 Å². The average Bonchev–Trinajstić information content (AvgIpc) is 2.38. The van der Waals surface area contributed by atoms with Crippen LogP contribution in [0.25, 0.3) is 0 Å². The third kappa shape index (κ3) is 3.81. The maximum Gasteiger partial charge on any atom is 0.325 e. The fourth-order valence-corrected chi connectivity index (χ4v) is 2.61. The highest BCUT2D eigenvalue weighted by molar-refractivity contribution is 5.76. The van der Waals surface area contributed by atoms with Crippen LogP contribution in [-0.4, -0.2) is 29.2 Å². The minimum Gasteiger partial charge on any atom is -0.459 e. The molecule has 1 aliphatic heterocycles. The van der Waals surface area contributed by atoms with Crippen LogP contribution in [-0.2, 0) is 9.53 Å². The quantitative estimate of drug-likeness (QED) is 0.666. The highest BCUT2D eigenvalue weighted by atomic mass is 16.6. The molecule has 1 aliphatic rings. The summed E-state index contributed by atoms with van der Waals surface area (Å²) in [5, 5.41) is 1.62. The zero-order valence-electron chi connectivity index (χ0n) is 12.5. The van der Waals surface area contributed by atoms with Crippen molar-refractivity contribution in [2.24, 2.45) is 5.84 Å². The molecule has 2 unspecified atom stereocenters. The Labute approximate surface area is 120 Å². The number of nitrogens with zero attached hydrogens (tertiary/aromatic N) is 1. The maximum atomic E-state index is 12.3. The van der Waals surface area contributed by atoms with E-state index in [0.29, 0.717) is 12.5 Å². The Balaban J connectivity index is 2.07. The first-order valence-corrected chi connectivity index (χ1v) is 7.16. The number of hydrogen-bond acceptors (Lipinski definition) is 4. The van der Waals surface area contributed by atoms with E-state index in [0.717, 1.165) is 12.8 Å². The highest BCUT2D eigenvalue weighted by Gasteiger charge is 2.35. The van der Waals surface area contributed by atoms with Crippen LogP contribution in [0.4, 0.5) is 0 Å². The first-order valence-electron chi connectivity index (χ1n) is 7.16. The number of carbonyl (C=O) groups excluding carboxylic acids is 1. The Hall–Kier alpha value is -1.39. The summed E-state index contributed by atoms with van der Waals surface area (Å²) < 4.78 is 5.47. The van der Waals surface area contributed by atoms with E-state index >= 15 is 0 Å². The predicted molar refractivity (Wildman–Crippen MR) is 78.9 cm³/mol. The lowest BCUT2D eigenvalue weighted by Gasteiger charge is -2.36. The SMILES string of the molecule is CC(C)(C)OC(=O)C1CC(c2ccccc2)CCN1N. The molecule has 1 heterocycles. The van der Waals surface area contributed by atoms with Crippen LogP contribution in [0.2, 0.25) is 0 Å². The minimum absolute atomic E-state index is 0.222. The number of carbonyl (C=O) groups is 1. The average molecular weight is 276 g/mol. The van der Waals surface area contributed by atoms with Crippen molar-refractivity contribution in [2.75, 3.05) is 6.54 Å². The van der Waals surface area contributed by atoms with Crippen LogP contribution in [0.5, 0.6) is 0 Å². The summed E-state index contributed by atoms with van der Waals surface area (Å²) in [7, 11) is 0. The molecular formula is C16H24N2O2. The molecule has 1 aromatic carbocycles. The summed E-state index contributed by atoms with van der Waals surface area (Å²) in [6, 6.07) is 9.95. The van der Waals surface area contributed by atoms with Crippen molar-refractivity contribution in [1.29, 1.82) is 0 Å². The van der Waals surface area contributed by atoms with Crippen LogP contribution in [0.15, 0.2) is 30.3 Å². The summed E-state index contributed by atoms with van der Waals surface area (Å²) in [6.07, 6.45) is 1.69. The molecule has 0 aromatic heterocycles. The molecule has 2 rings (SSSR count). The highest BCUT2D eigenvalue weighted by Crippen LogP contribution is 2.31. The lowest BCUT2D eigenvalue weighted by atomic mass is 9.86. The number of nitrogens with two attached hydrogens (primary N) is 1. The molecule has 1 fully saturated rings. The normalized spacial score (nSPS) is 24.4. The standard InChI is InChI=1S/C16H24N2O2/c1-16(2,3)20-15(19)14-11-13(9-10-18(14)17)12-7-5-4-6-8-12/h4-8,13-14H,9-11,17H2,1-3H3. The first-order chi connectivity index (χ1) is 9.37. The van der Waals surface area contributed by atoms with Gasteiger partial charge in [0, 0.05) is 6.54 Å². The van der Waals surface area contributed by atoms with Gasteiger partial charge in [0.15, 0.2) is 0 Å². The lowest BCUT2D eigenvalue weighted by molar-refractivity contribution is -0.163. The third-order valence-corrected chi connectivity index (χ3v) is 3.59. The van der Waals surface area contributed by atoms with E-state index in [2.05, 4.69) is 12.1 Å². The van der Waals surface area contributed by atoms with E-state index < -0.39 is 5.60 Å². The first kappa shape index (κ1) is 15.0. The molecule has 1 saturated heterocycles. The second-order valence-corrected chi connectivity index (χ2v) is 6.42. The van der Waals surface area contributed by atoms with Crippen molar-refractivity contribution in [3.63, 3.8) is 0 Å². The number of hydrazine groups is 1. The van der Waals surface area contributed by atoms with Gasteiger partial charge in [-0.3, -0.25) is 10.6 Å². The van der Waals surface area contributed by atoms with Crippen LogP contribution in [0.3, 0.4) is 0 Å². The number of ether oxygens (including phenoxy) is 1. The molecule has 20 heavy (non-hydrogen) atoms. The van der Waals surface area contributed by atoms with E-state index in [4.69, 9.17) is 10.6 Å². The maximum absolute atomic E-state index is 12.3. The van der Waals surface area contributed by atoms with Gasteiger partial charge in [0.1, 0.15) is 11.6 Å². The number of hydrogen-bond donors (Lipinski definition) is 1. The Morgan fingerprint density at radius 3 is 2.55 bits per heavy atom. The Kier molecular flexibility index (Phi) is 4.45. The van der Waals surface area contributed by atoms with Crippen molar-refractivity contribution in [3.05, 3.63) is 35.9 Å². The molecule has 2 N–H and O–H groups in total. The molecule has 0 spiro atoms. The van der Waals surface area contributed by atoms with Crippen molar-refractivity contribution in [3.8, 4) is 0 Å². The van der Waals surface area contributed by atoms with Gasteiger partial charge >= 0.3 is 5.97 Å². The molecule has 0 saturated carbocycles. The van der Waals surface area contributed by atoms with Crippen molar-refractivity contribution in [2.45, 2.75) is 51.2 Å². The second kappa shape index (κ2) is 5.94. The van der Waals surface area contributed by atoms with Gasteiger partial charge in [-0.05, 0) is 45.1 Å². The lowest BCUT2D eigenvalue weighted by Crippen LogP contribution is -2.52. The molecule has 0 radical (unpaired) electrons. The van der Waals surface area contributed by atoms with Gasteiger partial charge in [0.2, 0.25) is 0 Å². The van der Waals surface area contributed by atoms with Crippen molar-refractivity contribution >= 4 is 5.97 Å². The van der Waals surface area contributed by atoms with Gasteiger partial charge < -0.3 is 4.74 Å². The molecular weight excluding hydrogens is 252 g/mol. The number of rotatable bonds is 2. The number of piperidine rings is 1. The second-order valence-electron chi connectivity index (χ2n) is 6.42. The number of esters is 1. The zero-order chi connectivity index (χ0) is 14.8.